The Balaban J connectivity index is 1.07. The number of nitrogens with one attached hydrogen (secondary N) is 1. The van der Waals surface area contributed by atoms with Gasteiger partial charge in [0.1, 0.15) is 29.6 Å². The summed E-state index contributed by atoms with van der Waals surface area (Å²) in [6.45, 7) is 9.19. The summed E-state index contributed by atoms with van der Waals surface area (Å²) in [6.07, 6.45) is 10.6. The SMILES string of the molecule is CCC1CN(C2COC2)CCN1c1ccc(Nc2cc(-c3ccnc(N4CCn5c(cc6c5CCCC6)C4=O)c3COC(C)=O)cn(C)c2=O)nc1. The first-order chi connectivity index (χ1) is 25.3. The van der Waals surface area contributed by atoms with Crippen LogP contribution in [-0.4, -0.2) is 87.4 Å². The van der Waals surface area contributed by atoms with Gasteiger partial charge in [-0.05, 0) is 73.6 Å². The van der Waals surface area contributed by atoms with Crippen LogP contribution in [0.1, 0.15) is 60.4 Å². The van der Waals surface area contributed by atoms with E-state index >= 15 is 0 Å². The van der Waals surface area contributed by atoms with E-state index in [9.17, 15) is 14.4 Å². The Bertz CT molecular complexity index is 2050. The summed E-state index contributed by atoms with van der Waals surface area (Å²) in [7, 11) is 1.70. The van der Waals surface area contributed by atoms with Crippen molar-refractivity contribution in [3.05, 3.63) is 81.8 Å². The standard InChI is InChI=1S/C39H46N8O5/c1-4-28-21-44(30-22-51-23-30)13-14-45(28)29-9-10-36(41-19-29)42-33-17-27(20-43(3)38(33)49)31-11-12-40-37(32(31)24-52-25(2)48)47-16-15-46-34-8-6-5-7-26(34)18-35(46)39(47)50/h9-12,17-20,28,30H,4-8,13-16,21-24H2,1-3H3,(H,41,42). The fourth-order valence-electron chi connectivity index (χ4n) is 8.19. The van der Waals surface area contributed by atoms with Gasteiger partial charge in [-0.2, -0.15) is 0 Å². The molecule has 52 heavy (non-hydrogen) atoms. The molecule has 3 aliphatic heterocycles. The van der Waals surface area contributed by atoms with Gasteiger partial charge in [-0.25, -0.2) is 9.97 Å². The van der Waals surface area contributed by atoms with Crippen molar-refractivity contribution in [1.82, 2.24) is 24.0 Å². The molecule has 13 heteroatoms. The monoisotopic (exact) mass is 706 g/mol. The smallest absolute Gasteiger partial charge is 0.302 e. The highest BCUT2D eigenvalue weighted by Crippen LogP contribution is 2.35. The molecular weight excluding hydrogens is 660 g/mol. The van der Waals surface area contributed by atoms with E-state index in [0.29, 0.717) is 64.9 Å². The highest BCUT2D eigenvalue weighted by molar-refractivity contribution is 6.06. The van der Waals surface area contributed by atoms with E-state index in [1.165, 1.54) is 22.7 Å². The number of aromatic nitrogens is 4. The molecule has 0 spiro atoms. The summed E-state index contributed by atoms with van der Waals surface area (Å²) >= 11 is 0. The normalized spacial score (nSPS) is 19.2. The lowest BCUT2D eigenvalue weighted by atomic mass is 9.98. The number of fused-ring (bicyclic) bond motifs is 3. The van der Waals surface area contributed by atoms with Crippen molar-refractivity contribution in [1.29, 1.82) is 0 Å². The number of aryl methyl sites for hydroxylation is 2. The fourth-order valence-corrected chi connectivity index (χ4v) is 8.19. The number of hydrogen-bond acceptors (Lipinski definition) is 10. The molecule has 13 nitrogen and oxygen atoms in total. The zero-order valence-electron chi connectivity index (χ0n) is 30.1. The first-order valence-electron chi connectivity index (χ1n) is 18.5. The third kappa shape index (κ3) is 6.36. The second kappa shape index (κ2) is 14.2. The minimum absolute atomic E-state index is 0.0782. The topological polar surface area (TPSA) is 127 Å². The molecule has 4 aliphatic rings. The van der Waals surface area contributed by atoms with Gasteiger partial charge in [-0.3, -0.25) is 24.2 Å². The van der Waals surface area contributed by atoms with Crippen molar-refractivity contribution in [2.45, 2.75) is 71.2 Å². The minimum atomic E-state index is -0.440. The molecule has 4 aromatic heterocycles. The Kier molecular flexibility index (Phi) is 9.31. The van der Waals surface area contributed by atoms with Crippen LogP contribution in [0.5, 0.6) is 0 Å². The van der Waals surface area contributed by atoms with Crippen molar-refractivity contribution in [2.24, 2.45) is 7.05 Å². The summed E-state index contributed by atoms with van der Waals surface area (Å²) in [5.74, 6) is 0.440. The molecule has 0 saturated carbocycles. The maximum atomic E-state index is 14.0. The second-order valence-electron chi connectivity index (χ2n) is 14.3. The van der Waals surface area contributed by atoms with E-state index in [0.717, 1.165) is 70.6 Å². The van der Waals surface area contributed by atoms with Crippen LogP contribution in [0.25, 0.3) is 11.1 Å². The van der Waals surface area contributed by atoms with Gasteiger partial charge in [0.05, 0.1) is 31.1 Å². The van der Waals surface area contributed by atoms with E-state index in [1.54, 1.807) is 30.4 Å². The molecule has 1 aliphatic carbocycles. The summed E-state index contributed by atoms with van der Waals surface area (Å²) in [6, 6.07) is 10.5. The molecule has 1 unspecified atom stereocenters. The van der Waals surface area contributed by atoms with E-state index in [1.807, 2.05) is 24.4 Å². The molecular formula is C39H46N8O5. The maximum absolute atomic E-state index is 14.0. The number of carbonyl (C=O) groups excluding carboxylic acids is 2. The van der Waals surface area contributed by atoms with Gasteiger partial charge in [-0.1, -0.05) is 6.92 Å². The zero-order valence-corrected chi connectivity index (χ0v) is 30.1. The van der Waals surface area contributed by atoms with Crippen molar-refractivity contribution in [3.8, 4) is 11.1 Å². The molecule has 4 aromatic rings. The summed E-state index contributed by atoms with van der Waals surface area (Å²) in [5.41, 5.74) is 6.40. The van der Waals surface area contributed by atoms with Gasteiger partial charge < -0.3 is 28.8 Å². The summed E-state index contributed by atoms with van der Waals surface area (Å²) < 4.78 is 14.7. The Labute approximate surface area is 303 Å². The number of ether oxygens (including phenoxy) is 2. The van der Waals surface area contributed by atoms with Crippen LogP contribution in [0.4, 0.5) is 23.0 Å². The highest BCUT2D eigenvalue weighted by Gasteiger charge is 2.34. The average Bonchev–Trinajstić information content (AvgIpc) is 3.52. The molecule has 272 valence electrons. The van der Waals surface area contributed by atoms with Gasteiger partial charge in [-0.15, -0.1) is 0 Å². The number of carbonyl (C=O) groups is 2. The molecule has 7 heterocycles. The predicted octanol–water partition coefficient (Wildman–Crippen LogP) is 4.29. The van der Waals surface area contributed by atoms with Crippen LogP contribution in [0.2, 0.25) is 0 Å². The molecule has 1 N–H and O–H groups in total. The molecule has 2 saturated heterocycles. The quantitative estimate of drug-likeness (QED) is 0.252. The van der Waals surface area contributed by atoms with Gasteiger partial charge in [0.2, 0.25) is 0 Å². The van der Waals surface area contributed by atoms with Crippen molar-refractivity contribution in [3.63, 3.8) is 0 Å². The third-order valence-electron chi connectivity index (χ3n) is 11.1. The van der Waals surface area contributed by atoms with E-state index < -0.39 is 5.97 Å². The van der Waals surface area contributed by atoms with Crippen molar-refractivity contribution >= 4 is 34.9 Å². The number of pyridine rings is 3. The molecule has 2 fully saturated rings. The Hall–Kier alpha value is -5.01. The first kappa shape index (κ1) is 34.1. The van der Waals surface area contributed by atoms with E-state index in [-0.39, 0.29) is 18.1 Å². The van der Waals surface area contributed by atoms with Crippen LogP contribution in [0, 0.1) is 0 Å². The molecule has 0 aromatic carbocycles. The fraction of sp³-hybridized carbons (Fsp3) is 0.462. The van der Waals surface area contributed by atoms with Crippen LogP contribution >= 0.6 is 0 Å². The van der Waals surface area contributed by atoms with Gasteiger partial charge >= 0.3 is 5.97 Å². The number of piperazine rings is 1. The summed E-state index contributed by atoms with van der Waals surface area (Å²) in [4.78, 5) is 55.6. The number of amides is 1. The number of nitrogens with zero attached hydrogens (tertiary/aromatic N) is 7. The van der Waals surface area contributed by atoms with E-state index in [4.69, 9.17) is 14.5 Å². The Morgan fingerprint density at radius 2 is 1.88 bits per heavy atom. The Morgan fingerprint density at radius 3 is 2.63 bits per heavy atom. The minimum Gasteiger partial charge on any atom is -0.461 e. The highest BCUT2D eigenvalue weighted by atomic mass is 16.5. The largest absolute Gasteiger partial charge is 0.461 e. The van der Waals surface area contributed by atoms with Crippen LogP contribution < -0.4 is 20.7 Å². The van der Waals surface area contributed by atoms with Crippen molar-refractivity contribution < 1.29 is 19.1 Å². The number of rotatable bonds is 9. The van der Waals surface area contributed by atoms with Crippen molar-refractivity contribution in [2.75, 3.05) is 54.5 Å². The predicted molar refractivity (Wildman–Crippen MR) is 198 cm³/mol. The van der Waals surface area contributed by atoms with Gasteiger partial charge in [0.15, 0.2) is 0 Å². The van der Waals surface area contributed by atoms with Crippen LogP contribution in [-0.2, 0) is 47.3 Å². The zero-order chi connectivity index (χ0) is 35.9. The Morgan fingerprint density at radius 1 is 1.04 bits per heavy atom. The molecule has 0 radical (unpaired) electrons. The lowest BCUT2D eigenvalue weighted by Gasteiger charge is -2.47. The maximum Gasteiger partial charge on any atom is 0.302 e. The third-order valence-corrected chi connectivity index (χ3v) is 11.1. The van der Waals surface area contributed by atoms with E-state index in [2.05, 4.69) is 37.7 Å². The second-order valence-corrected chi connectivity index (χ2v) is 14.3. The molecule has 0 bridgehead atoms. The number of anilines is 4. The van der Waals surface area contributed by atoms with Gasteiger partial charge in [0.25, 0.3) is 11.5 Å². The molecule has 1 atom stereocenters. The van der Waals surface area contributed by atoms with Gasteiger partial charge in [0, 0.05) is 82.0 Å². The number of esters is 1. The lowest BCUT2D eigenvalue weighted by molar-refractivity contribution is -0.142. The summed E-state index contributed by atoms with van der Waals surface area (Å²) in [5, 5.41) is 3.25. The molecule has 8 rings (SSSR count). The van der Waals surface area contributed by atoms with Crippen LogP contribution in [0.15, 0.2) is 53.7 Å². The number of hydrogen-bond donors (Lipinski definition) is 1. The molecule has 1 amide bonds. The lowest BCUT2D eigenvalue weighted by Crippen LogP contribution is -2.60. The van der Waals surface area contributed by atoms with Crippen LogP contribution in [0.3, 0.4) is 0 Å². The first-order valence-corrected chi connectivity index (χ1v) is 18.5. The average molecular weight is 707 g/mol.